The second kappa shape index (κ2) is 9.66. The van der Waals surface area contributed by atoms with Crippen LogP contribution in [0.3, 0.4) is 0 Å². The third-order valence-corrected chi connectivity index (χ3v) is 4.61. The van der Waals surface area contributed by atoms with Crippen molar-refractivity contribution >= 4 is 27.8 Å². The van der Waals surface area contributed by atoms with Crippen molar-refractivity contribution in [3.05, 3.63) is 46.9 Å². The van der Waals surface area contributed by atoms with Gasteiger partial charge in [0.15, 0.2) is 5.82 Å². The van der Waals surface area contributed by atoms with E-state index in [4.69, 9.17) is 9.47 Å². The number of hydrogen-bond acceptors (Lipinski definition) is 7. The number of halogens is 1. The highest BCUT2D eigenvalue weighted by Crippen LogP contribution is 2.36. The first-order chi connectivity index (χ1) is 14.1. The van der Waals surface area contributed by atoms with Crippen LogP contribution < -0.4 is 4.72 Å². The molecule has 30 heavy (non-hydrogen) atoms. The molecule has 162 valence electrons. The van der Waals surface area contributed by atoms with Crippen LogP contribution in [-0.2, 0) is 25.9 Å². The summed E-state index contributed by atoms with van der Waals surface area (Å²) in [5.41, 5.74) is 0.339. The van der Waals surface area contributed by atoms with Crippen LogP contribution in [0.1, 0.15) is 46.7 Å². The van der Waals surface area contributed by atoms with Crippen LogP contribution in [0.4, 0.5) is 10.2 Å². The minimum Gasteiger partial charge on any atom is -0.465 e. The molecule has 0 atom stereocenters. The molecule has 1 aromatic heterocycles. The number of aryl methyl sites for hydroxylation is 1. The molecule has 0 radical (unpaired) electrons. The number of benzene rings is 1. The molecule has 0 aliphatic heterocycles. The number of rotatable bonds is 8. The van der Waals surface area contributed by atoms with Crippen LogP contribution in [0.25, 0.3) is 11.1 Å². The van der Waals surface area contributed by atoms with E-state index < -0.39 is 27.8 Å². The minimum absolute atomic E-state index is 0.00424. The molecule has 0 aliphatic carbocycles. The van der Waals surface area contributed by atoms with Crippen LogP contribution >= 0.6 is 0 Å². The van der Waals surface area contributed by atoms with E-state index in [2.05, 4.69) is 9.71 Å². The number of sulfonamides is 1. The molecule has 1 aromatic carbocycles. The smallest absolute Gasteiger partial charge is 0.342 e. The SMILES string of the molecule is CCCc1nc(NS(C)(=O)=O)c(C(=O)OCC)c(-c2ccc(F)cc2)c1C(=O)OC. The number of methoxy groups -OCH3 is 1. The van der Waals surface area contributed by atoms with E-state index in [9.17, 15) is 22.4 Å². The number of hydrogen-bond donors (Lipinski definition) is 1. The molecule has 8 nitrogen and oxygen atoms in total. The molecule has 10 heteroatoms. The van der Waals surface area contributed by atoms with E-state index in [0.717, 1.165) is 18.4 Å². The Morgan fingerprint density at radius 3 is 2.23 bits per heavy atom. The van der Waals surface area contributed by atoms with Crippen molar-refractivity contribution in [2.45, 2.75) is 26.7 Å². The van der Waals surface area contributed by atoms with Gasteiger partial charge < -0.3 is 9.47 Å². The zero-order chi connectivity index (χ0) is 22.5. The van der Waals surface area contributed by atoms with Crippen molar-refractivity contribution in [2.24, 2.45) is 0 Å². The summed E-state index contributed by atoms with van der Waals surface area (Å²) in [4.78, 5) is 29.8. The van der Waals surface area contributed by atoms with E-state index in [0.29, 0.717) is 18.4 Å². The fourth-order valence-corrected chi connectivity index (χ4v) is 3.43. The Bertz CT molecular complexity index is 1050. The van der Waals surface area contributed by atoms with Crippen LogP contribution in [-0.4, -0.2) is 45.3 Å². The normalized spacial score (nSPS) is 11.1. The minimum atomic E-state index is -3.82. The van der Waals surface area contributed by atoms with Gasteiger partial charge in [-0.15, -0.1) is 0 Å². The number of nitrogens with zero attached hydrogens (tertiary/aromatic N) is 1. The topological polar surface area (TPSA) is 112 Å². The monoisotopic (exact) mass is 438 g/mol. The molecule has 0 spiro atoms. The van der Waals surface area contributed by atoms with Crippen LogP contribution in [0.5, 0.6) is 0 Å². The molecule has 0 saturated carbocycles. The second-order valence-electron chi connectivity index (χ2n) is 6.38. The predicted molar refractivity (Wildman–Crippen MR) is 109 cm³/mol. The maximum absolute atomic E-state index is 13.5. The summed E-state index contributed by atoms with van der Waals surface area (Å²) >= 11 is 0. The lowest BCUT2D eigenvalue weighted by atomic mass is 9.92. The Morgan fingerprint density at radius 1 is 1.10 bits per heavy atom. The van der Waals surface area contributed by atoms with Gasteiger partial charge >= 0.3 is 11.9 Å². The largest absolute Gasteiger partial charge is 0.465 e. The van der Waals surface area contributed by atoms with E-state index in [1.807, 2.05) is 6.92 Å². The maximum atomic E-state index is 13.5. The first-order valence-corrected chi connectivity index (χ1v) is 11.1. The summed E-state index contributed by atoms with van der Waals surface area (Å²) in [7, 11) is -2.64. The Kier molecular flexibility index (Phi) is 7.49. The van der Waals surface area contributed by atoms with Gasteiger partial charge in [0, 0.05) is 5.56 Å². The van der Waals surface area contributed by atoms with Gasteiger partial charge in [0.25, 0.3) is 0 Å². The molecule has 1 heterocycles. The van der Waals surface area contributed by atoms with Gasteiger partial charge in [0.1, 0.15) is 11.4 Å². The number of pyridine rings is 1. The van der Waals surface area contributed by atoms with Crippen LogP contribution in [0, 0.1) is 5.82 Å². The fourth-order valence-electron chi connectivity index (χ4n) is 2.93. The average Bonchev–Trinajstić information content (AvgIpc) is 2.66. The molecule has 1 N–H and O–H groups in total. The summed E-state index contributed by atoms with van der Waals surface area (Å²) in [6.45, 7) is 3.44. The van der Waals surface area contributed by atoms with Gasteiger partial charge in [-0.25, -0.2) is 27.4 Å². The van der Waals surface area contributed by atoms with Gasteiger partial charge in [-0.3, -0.25) is 4.72 Å². The number of anilines is 1. The van der Waals surface area contributed by atoms with Crippen LogP contribution in [0.2, 0.25) is 0 Å². The molecule has 0 aliphatic rings. The highest BCUT2D eigenvalue weighted by atomic mass is 32.2. The first-order valence-electron chi connectivity index (χ1n) is 9.18. The van der Waals surface area contributed by atoms with Gasteiger partial charge in [0.2, 0.25) is 10.0 Å². The summed E-state index contributed by atoms with van der Waals surface area (Å²) < 4.78 is 49.6. The van der Waals surface area contributed by atoms with E-state index >= 15 is 0 Å². The fraction of sp³-hybridized carbons (Fsp3) is 0.350. The van der Waals surface area contributed by atoms with Crippen molar-refractivity contribution in [3.8, 4) is 11.1 Å². The molecule has 0 amide bonds. The Balaban J connectivity index is 3.03. The summed E-state index contributed by atoms with van der Waals surface area (Å²) in [6.07, 6.45) is 1.80. The van der Waals surface area contributed by atoms with Crippen molar-refractivity contribution in [2.75, 3.05) is 24.7 Å². The van der Waals surface area contributed by atoms with Gasteiger partial charge in [-0.2, -0.15) is 0 Å². The third kappa shape index (κ3) is 5.32. The zero-order valence-corrected chi connectivity index (χ0v) is 17.9. The molecule has 0 bridgehead atoms. The first kappa shape index (κ1) is 23.3. The average molecular weight is 438 g/mol. The van der Waals surface area contributed by atoms with E-state index in [-0.39, 0.29) is 34.8 Å². The van der Waals surface area contributed by atoms with Gasteiger partial charge in [0.05, 0.1) is 31.2 Å². The Labute approximate surface area is 174 Å². The number of carbonyl (C=O) groups is 2. The maximum Gasteiger partial charge on any atom is 0.342 e. The lowest BCUT2D eigenvalue weighted by Gasteiger charge is -2.20. The lowest BCUT2D eigenvalue weighted by molar-refractivity contribution is 0.0528. The van der Waals surface area contributed by atoms with Gasteiger partial charge in [-0.1, -0.05) is 25.5 Å². The zero-order valence-electron chi connectivity index (χ0n) is 17.1. The molecule has 0 unspecified atom stereocenters. The molecule has 2 rings (SSSR count). The van der Waals surface area contributed by atoms with Crippen LogP contribution in [0.15, 0.2) is 24.3 Å². The summed E-state index contributed by atoms with van der Waals surface area (Å²) in [5, 5.41) is 0. The second-order valence-corrected chi connectivity index (χ2v) is 8.12. The Hall–Kier alpha value is -3.01. The molecule has 2 aromatic rings. The number of aromatic nitrogens is 1. The Morgan fingerprint density at radius 2 is 1.73 bits per heavy atom. The molecular formula is C20H23FN2O6S. The third-order valence-electron chi connectivity index (χ3n) is 4.04. The molecular weight excluding hydrogens is 415 g/mol. The molecule has 0 saturated heterocycles. The highest BCUT2D eigenvalue weighted by Gasteiger charge is 2.31. The van der Waals surface area contributed by atoms with E-state index in [1.54, 1.807) is 6.92 Å². The number of esters is 2. The highest BCUT2D eigenvalue weighted by molar-refractivity contribution is 7.92. The lowest BCUT2D eigenvalue weighted by Crippen LogP contribution is -2.21. The summed E-state index contributed by atoms with van der Waals surface area (Å²) in [5.74, 6) is -2.44. The molecule has 0 fully saturated rings. The van der Waals surface area contributed by atoms with Crippen molar-refractivity contribution in [3.63, 3.8) is 0 Å². The quantitative estimate of drug-likeness (QED) is 0.630. The predicted octanol–water partition coefficient (Wildman–Crippen LogP) is 3.18. The standard InChI is InChI=1S/C20H23FN2O6S/c1-5-7-14-16(19(24)28-3)15(12-8-10-13(21)11-9-12)17(20(25)29-6-2)18(22-14)23-30(4,26)27/h8-11H,5-7H2,1-4H3,(H,22,23). The number of ether oxygens (including phenoxy) is 2. The van der Waals surface area contributed by atoms with Gasteiger partial charge in [-0.05, 0) is 31.0 Å². The number of nitrogens with one attached hydrogen (secondary N) is 1. The van der Waals surface area contributed by atoms with Crippen molar-refractivity contribution in [1.82, 2.24) is 4.98 Å². The summed E-state index contributed by atoms with van der Waals surface area (Å²) in [6, 6.07) is 5.07. The number of carbonyl (C=O) groups excluding carboxylic acids is 2. The van der Waals surface area contributed by atoms with Crippen molar-refractivity contribution in [1.29, 1.82) is 0 Å². The van der Waals surface area contributed by atoms with E-state index in [1.165, 1.54) is 19.2 Å². The van der Waals surface area contributed by atoms with Crippen molar-refractivity contribution < 1.29 is 31.9 Å².